The van der Waals surface area contributed by atoms with Crippen LogP contribution in [-0.4, -0.2) is 23.0 Å². The number of nitrogens with zero attached hydrogens (tertiary/aromatic N) is 2. The summed E-state index contributed by atoms with van der Waals surface area (Å²) in [5, 5.41) is 3.05. The lowest BCUT2D eigenvalue weighted by Gasteiger charge is -2.07. The highest BCUT2D eigenvalue weighted by atomic mass is 35.5. The standard InChI is InChI=1S/C12H11ClN4O2/c1-19-10-3-2-7(4-8(10)13)17-12(18)9-5-16-11(14)6-15-9/h2-6H,1H3,(H2,14,16)(H,17,18). The van der Waals surface area contributed by atoms with Crippen LogP contribution in [0, 0.1) is 0 Å². The Morgan fingerprint density at radius 2 is 2.16 bits per heavy atom. The summed E-state index contributed by atoms with van der Waals surface area (Å²) in [6.45, 7) is 0. The van der Waals surface area contributed by atoms with Gasteiger partial charge in [0.25, 0.3) is 5.91 Å². The molecule has 0 fully saturated rings. The number of rotatable bonds is 3. The fourth-order valence-corrected chi connectivity index (χ4v) is 1.65. The third-order valence-electron chi connectivity index (χ3n) is 2.31. The van der Waals surface area contributed by atoms with Crippen LogP contribution in [-0.2, 0) is 0 Å². The quantitative estimate of drug-likeness (QED) is 0.896. The summed E-state index contributed by atoms with van der Waals surface area (Å²) in [7, 11) is 1.52. The maximum atomic E-state index is 11.9. The summed E-state index contributed by atoms with van der Waals surface area (Å²) in [6.07, 6.45) is 2.62. The summed E-state index contributed by atoms with van der Waals surface area (Å²) in [5.41, 5.74) is 6.10. The number of amides is 1. The van der Waals surface area contributed by atoms with E-state index in [2.05, 4.69) is 15.3 Å². The van der Waals surface area contributed by atoms with E-state index < -0.39 is 5.91 Å². The van der Waals surface area contributed by atoms with Crippen molar-refractivity contribution in [3.8, 4) is 5.75 Å². The average Bonchev–Trinajstić information content (AvgIpc) is 2.39. The van der Waals surface area contributed by atoms with Crippen LogP contribution >= 0.6 is 11.6 Å². The molecule has 0 saturated carbocycles. The summed E-state index contributed by atoms with van der Waals surface area (Å²) in [4.78, 5) is 19.5. The van der Waals surface area contributed by atoms with Gasteiger partial charge in [-0.1, -0.05) is 11.6 Å². The van der Waals surface area contributed by atoms with Crippen molar-refractivity contribution in [3.63, 3.8) is 0 Å². The van der Waals surface area contributed by atoms with Crippen molar-refractivity contribution in [2.75, 3.05) is 18.2 Å². The molecule has 19 heavy (non-hydrogen) atoms. The van der Waals surface area contributed by atoms with E-state index in [1.807, 2.05) is 0 Å². The number of nitrogen functional groups attached to an aromatic ring is 1. The first kappa shape index (κ1) is 13.1. The number of benzene rings is 1. The number of aromatic nitrogens is 2. The lowest BCUT2D eigenvalue weighted by molar-refractivity contribution is 0.102. The van der Waals surface area contributed by atoms with Crippen LogP contribution in [0.15, 0.2) is 30.6 Å². The van der Waals surface area contributed by atoms with Crippen LogP contribution in [0.25, 0.3) is 0 Å². The van der Waals surface area contributed by atoms with Gasteiger partial charge in [0.1, 0.15) is 17.3 Å². The lowest BCUT2D eigenvalue weighted by Crippen LogP contribution is -2.14. The van der Waals surface area contributed by atoms with Crippen LogP contribution < -0.4 is 15.8 Å². The molecule has 0 spiro atoms. The zero-order valence-corrected chi connectivity index (χ0v) is 10.8. The first-order valence-electron chi connectivity index (χ1n) is 5.32. The van der Waals surface area contributed by atoms with Gasteiger partial charge >= 0.3 is 0 Å². The summed E-state index contributed by atoms with van der Waals surface area (Å²) in [6, 6.07) is 4.92. The third-order valence-corrected chi connectivity index (χ3v) is 2.61. The van der Waals surface area contributed by atoms with Crippen LogP contribution in [0.2, 0.25) is 5.02 Å². The molecule has 6 nitrogen and oxygen atoms in total. The maximum absolute atomic E-state index is 11.9. The molecule has 1 heterocycles. The number of hydrogen-bond acceptors (Lipinski definition) is 5. The van der Waals surface area contributed by atoms with E-state index in [-0.39, 0.29) is 11.5 Å². The summed E-state index contributed by atoms with van der Waals surface area (Å²) >= 11 is 5.96. The molecule has 1 aromatic carbocycles. The number of carbonyl (C=O) groups excluding carboxylic acids is 1. The van der Waals surface area contributed by atoms with Gasteiger partial charge in [-0.2, -0.15) is 0 Å². The molecule has 0 aliphatic rings. The molecule has 1 aromatic heterocycles. The molecule has 0 atom stereocenters. The molecular weight excluding hydrogens is 268 g/mol. The number of methoxy groups -OCH3 is 1. The second-order valence-electron chi connectivity index (χ2n) is 3.63. The highest BCUT2D eigenvalue weighted by molar-refractivity contribution is 6.32. The maximum Gasteiger partial charge on any atom is 0.275 e. The molecule has 0 aliphatic heterocycles. The minimum Gasteiger partial charge on any atom is -0.495 e. The first-order valence-corrected chi connectivity index (χ1v) is 5.70. The van der Waals surface area contributed by atoms with Gasteiger partial charge < -0.3 is 15.8 Å². The van der Waals surface area contributed by atoms with Crippen molar-refractivity contribution in [1.82, 2.24) is 9.97 Å². The molecule has 0 aliphatic carbocycles. The van der Waals surface area contributed by atoms with E-state index in [9.17, 15) is 4.79 Å². The number of nitrogens with one attached hydrogen (secondary N) is 1. The Hall–Kier alpha value is -2.34. The molecule has 0 saturated heterocycles. The highest BCUT2D eigenvalue weighted by Crippen LogP contribution is 2.27. The van der Waals surface area contributed by atoms with Crippen molar-refractivity contribution in [1.29, 1.82) is 0 Å². The average molecular weight is 279 g/mol. The van der Waals surface area contributed by atoms with Gasteiger partial charge in [-0.15, -0.1) is 0 Å². The minimum absolute atomic E-state index is 0.168. The number of halogens is 1. The Morgan fingerprint density at radius 3 is 2.74 bits per heavy atom. The molecule has 0 radical (unpaired) electrons. The second-order valence-corrected chi connectivity index (χ2v) is 4.04. The normalized spacial score (nSPS) is 10.0. The van der Waals surface area contributed by atoms with Gasteiger partial charge in [-0.3, -0.25) is 4.79 Å². The second kappa shape index (κ2) is 5.53. The monoisotopic (exact) mass is 278 g/mol. The van der Waals surface area contributed by atoms with Crippen molar-refractivity contribution >= 4 is 29.0 Å². The number of nitrogens with two attached hydrogens (primary N) is 1. The topological polar surface area (TPSA) is 90.1 Å². The summed E-state index contributed by atoms with van der Waals surface area (Å²) in [5.74, 6) is 0.393. The molecular formula is C12H11ClN4O2. The van der Waals surface area contributed by atoms with Crippen LogP contribution in [0.1, 0.15) is 10.5 Å². The zero-order valence-electron chi connectivity index (χ0n) is 10.1. The molecule has 7 heteroatoms. The fourth-order valence-electron chi connectivity index (χ4n) is 1.39. The van der Waals surface area contributed by atoms with Gasteiger partial charge in [0, 0.05) is 5.69 Å². The lowest BCUT2D eigenvalue weighted by atomic mass is 10.3. The smallest absolute Gasteiger partial charge is 0.275 e. The van der Waals surface area contributed by atoms with E-state index in [0.717, 1.165) is 0 Å². The molecule has 2 rings (SSSR count). The Kier molecular flexibility index (Phi) is 3.82. The Labute approximate surface area is 114 Å². The molecule has 2 aromatic rings. The van der Waals surface area contributed by atoms with Gasteiger partial charge in [0.15, 0.2) is 0 Å². The first-order chi connectivity index (χ1) is 9.10. The number of carbonyl (C=O) groups is 1. The zero-order chi connectivity index (χ0) is 13.8. The predicted molar refractivity (Wildman–Crippen MR) is 72.4 cm³/mol. The fraction of sp³-hybridized carbons (Fsp3) is 0.0833. The van der Waals surface area contributed by atoms with Crippen LogP contribution in [0.4, 0.5) is 11.5 Å². The Bertz CT molecular complexity index is 601. The van der Waals surface area contributed by atoms with Gasteiger partial charge in [-0.05, 0) is 18.2 Å². The SMILES string of the molecule is COc1ccc(NC(=O)c2cnc(N)cn2)cc1Cl. The van der Waals surface area contributed by atoms with Crippen molar-refractivity contribution in [2.24, 2.45) is 0 Å². The minimum atomic E-state index is -0.395. The van der Waals surface area contributed by atoms with E-state index >= 15 is 0 Å². The summed E-state index contributed by atoms with van der Waals surface area (Å²) < 4.78 is 5.02. The number of hydrogen-bond donors (Lipinski definition) is 2. The molecule has 3 N–H and O–H groups in total. The number of ether oxygens (including phenoxy) is 1. The van der Waals surface area contributed by atoms with E-state index in [1.54, 1.807) is 18.2 Å². The van der Waals surface area contributed by atoms with Crippen LogP contribution in [0.5, 0.6) is 5.75 Å². The Morgan fingerprint density at radius 1 is 1.37 bits per heavy atom. The molecule has 0 unspecified atom stereocenters. The van der Waals surface area contributed by atoms with E-state index in [1.165, 1.54) is 19.5 Å². The molecule has 0 bridgehead atoms. The van der Waals surface area contributed by atoms with Gasteiger partial charge in [0.05, 0.1) is 24.5 Å². The Balaban J connectivity index is 2.14. The van der Waals surface area contributed by atoms with Gasteiger partial charge in [-0.25, -0.2) is 9.97 Å². The molecule has 1 amide bonds. The van der Waals surface area contributed by atoms with Gasteiger partial charge in [0.2, 0.25) is 0 Å². The molecule has 98 valence electrons. The largest absolute Gasteiger partial charge is 0.495 e. The number of anilines is 2. The van der Waals surface area contributed by atoms with Crippen molar-refractivity contribution in [2.45, 2.75) is 0 Å². The third kappa shape index (κ3) is 3.11. The highest BCUT2D eigenvalue weighted by Gasteiger charge is 2.09. The predicted octanol–water partition coefficient (Wildman–Crippen LogP) is 1.97. The van der Waals surface area contributed by atoms with E-state index in [4.69, 9.17) is 22.1 Å². The van der Waals surface area contributed by atoms with E-state index in [0.29, 0.717) is 16.5 Å². The van der Waals surface area contributed by atoms with Crippen molar-refractivity contribution in [3.05, 3.63) is 41.3 Å². The van der Waals surface area contributed by atoms with Crippen molar-refractivity contribution < 1.29 is 9.53 Å². The van der Waals surface area contributed by atoms with Crippen LogP contribution in [0.3, 0.4) is 0 Å².